The Kier molecular flexibility index (Phi) is 3.61. The van der Waals surface area contributed by atoms with Crippen molar-refractivity contribution in [3.8, 4) is 0 Å². The lowest BCUT2D eigenvalue weighted by molar-refractivity contribution is 0.509. The van der Waals surface area contributed by atoms with Crippen molar-refractivity contribution < 1.29 is 4.42 Å². The topological polar surface area (TPSA) is 25.2 Å². The minimum absolute atomic E-state index is 0.729. The monoisotopic (exact) mass is 257 g/mol. The van der Waals surface area contributed by atoms with Crippen molar-refractivity contribution >= 4 is 11.0 Å². The molecule has 3 rings (SSSR count). The number of furan rings is 1. The van der Waals surface area contributed by atoms with E-state index in [9.17, 15) is 0 Å². The van der Waals surface area contributed by atoms with Crippen LogP contribution in [0, 0.1) is 6.92 Å². The lowest BCUT2D eigenvalue weighted by atomic mass is 10.0. The molecule has 1 aromatic heterocycles. The fourth-order valence-corrected chi connectivity index (χ4v) is 2.55. The van der Waals surface area contributed by atoms with Gasteiger partial charge < -0.3 is 9.73 Å². The molecule has 0 saturated heterocycles. The second-order valence-electron chi connectivity index (χ2n) is 5.74. The summed E-state index contributed by atoms with van der Waals surface area (Å²) in [4.78, 5) is 0. The first-order chi connectivity index (χ1) is 9.28. The molecule has 1 aliphatic carbocycles. The largest absolute Gasteiger partial charge is 0.459 e. The summed E-state index contributed by atoms with van der Waals surface area (Å²) in [6, 6.07) is 7.38. The number of hydrogen-bond acceptors (Lipinski definition) is 2. The van der Waals surface area contributed by atoms with Crippen molar-refractivity contribution in [1.29, 1.82) is 0 Å². The van der Waals surface area contributed by atoms with E-state index in [0.717, 1.165) is 23.9 Å². The van der Waals surface area contributed by atoms with Crippen LogP contribution in [0.3, 0.4) is 0 Å². The summed E-state index contributed by atoms with van der Waals surface area (Å²) in [5.41, 5.74) is 3.77. The van der Waals surface area contributed by atoms with Crippen LogP contribution in [0.2, 0.25) is 0 Å². The standard InChI is InChI=1S/C17H23NO/c1-3-4-5-13-6-9-16-15(10-13)12(2)17(19-16)11-18-14-7-8-14/h6,9-10,14,18H,3-5,7-8,11H2,1-2H3. The Balaban J connectivity index is 1.82. The van der Waals surface area contributed by atoms with Gasteiger partial charge in [-0.05, 0) is 55.9 Å². The molecule has 1 fully saturated rings. The molecule has 0 radical (unpaired) electrons. The maximum Gasteiger partial charge on any atom is 0.134 e. The highest BCUT2D eigenvalue weighted by atomic mass is 16.3. The van der Waals surface area contributed by atoms with Gasteiger partial charge in [0.15, 0.2) is 0 Å². The first-order valence-electron chi connectivity index (χ1n) is 7.52. The molecule has 0 spiro atoms. The summed E-state index contributed by atoms with van der Waals surface area (Å²) in [5.74, 6) is 1.11. The Morgan fingerprint density at radius 1 is 1.32 bits per heavy atom. The molecule has 2 heteroatoms. The smallest absolute Gasteiger partial charge is 0.134 e. The molecule has 0 amide bonds. The van der Waals surface area contributed by atoms with Gasteiger partial charge in [0.25, 0.3) is 0 Å². The van der Waals surface area contributed by atoms with E-state index in [1.807, 2.05) is 0 Å². The van der Waals surface area contributed by atoms with E-state index in [2.05, 4.69) is 37.4 Å². The molecule has 19 heavy (non-hydrogen) atoms. The number of benzene rings is 1. The lowest BCUT2D eigenvalue weighted by Gasteiger charge is -2.00. The third-order valence-corrected chi connectivity index (χ3v) is 4.05. The number of unbranched alkanes of at least 4 members (excludes halogenated alkanes) is 1. The van der Waals surface area contributed by atoms with E-state index in [-0.39, 0.29) is 0 Å². The van der Waals surface area contributed by atoms with Crippen molar-refractivity contribution in [2.75, 3.05) is 0 Å². The number of rotatable bonds is 6. The van der Waals surface area contributed by atoms with Crippen LogP contribution < -0.4 is 5.32 Å². The van der Waals surface area contributed by atoms with Gasteiger partial charge in [-0.15, -0.1) is 0 Å². The van der Waals surface area contributed by atoms with Crippen molar-refractivity contribution in [2.24, 2.45) is 0 Å². The molecule has 0 unspecified atom stereocenters. The third kappa shape index (κ3) is 2.84. The zero-order valence-corrected chi connectivity index (χ0v) is 12.0. The highest BCUT2D eigenvalue weighted by molar-refractivity contribution is 5.82. The molecule has 0 atom stereocenters. The third-order valence-electron chi connectivity index (χ3n) is 4.05. The predicted molar refractivity (Wildman–Crippen MR) is 79.4 cm³/mol. The Morgan fingerprint density at radius 2 is 2.16 bits per heavy atom. The first-order valence-corrected chi connectivity index (χ1v) is 7.52. The van der Waals surface area contributed by atoms with E-state index in [4.69, 9.17) is 4.42 Å². The maximum atomic E-state index is 5.97. The van der Waals surface area contributed by atoms with Gasteiger partial charge in [-0.25, -0.2) is 0 Å². The average Bonchev–Trinajstić information content (AvgIpc) is 3.20. The van der Waals surface area contributed by atoms with Crippen LogP contribution >= 0.6 is 0 Å². The van der Waals surface area contributed by atoms with Gasteiger partial charge in [-0.2, -0.15) is 0 Å². The highest BCUT2D eigenvalue weighted by Gasteiger charge is 2.21. The van der Waals surface area contributed by atoms with Gasteiger partial charge >= 0.3 is 0 Å². The SMILES string of the molecule is CCCCc1ccc2oc(CNC3CC3)c(C)c2c1. The Morgan fingerprint density at radius 3 is 2.89 bits per heavy atom. The predicted octanol–water partition coefficient (Wildman–Crippen LogP) is 4.34. The molecular formula is C17H23NO. The van der Waals surface area contributed by atoms with Crippen LogP contribution in [0.4, 0.5) is 0 Å². The van der Waals surface area contributed by atoms with Crippen molar-refractivity contribution in [1.82, 2.24) is 5.32 Å². The van der Waals surface area contributed by atoms with Crippen LogP contribution in [0.5, 0.6) is 0 Å². The summed E-state index contributed by atoms with van der Waals surface area (Å²) < 4.78 is 5.97. The van der Waals surface area contributed by atoms with Crippen LogP contribution in [-0.4, -0.2) is 6.04 Å². The second-order valence-corrected chi connectivity index (χ2v) is 5.74. The molecule has 1 aliphatic rings. The van der Waals surface area contributed by atoms with Crippen LogP contribution in [0.1, 0.15) is 49.5 Å². The molecule has 1 N–H and O–H groups in total. The van der Waals surface area contributed by atoms with Gasteiger partial charge in [-0.1, -0.05) is 19.4 Å². The zero-order chi connectivity index (χ0) is 13.2. The zero-order valence-electron chi connectivity index (χ0n) is 12.0. The van der Waals surface area contributed by atoms with Gasteiger partial charge in [0, 0.05) is 11.4 Å². The summed E-state index contributed by atoms with van der Waals surface area (Å²) in [6.45, 7) is 5.29. The summed E-state index contributed by atoms with van der Waals surface area (Å²) in [7, 11) is 0. The molecule has 1 saturated carbocycles. The van der Waals surface area contributed by atoms with Crippen LogP contribution in [0.25, 0.3) is 11.0 Å². The fourth-order valence-electron chi connectivity index (χ4n) is 2.55. The average molecular weight is 257 g/mol. The van der Waals surface area contributed by atoms with E-state index < -0.39 is 0 Å². The molecule has 0 aliphatic heterocycles. The Bertz CT molecular complexity index is 566. The lowest BCUT2D eigenvalue weighted by Crippen LogP contribution is -2.15. The summed E-state index contributed by atoms with van der Waals surface area (Å²) >= 11 is 0. The van der Waals surface area contributed by atoms with Gasteiger partial charge in [0.05, 0.1) is 6.54 Å². The molecule has 2 aromatic rings. The van der Waals surface area contributed by atoms with Crippen molar-refractivity contribution in [3.05, 3.63) is 35.1 Å². The second kappa shape index (κ2) is 5.38. The van der Waals surface area contributed by atoms with Crippen LogP contribution in [-0.2, 0) is 13.0 Å². The summed E-state index contributed by atoms with van der Waals surface area (Å²) in [5, 5.41) is 4.82. The van der Waals surface area contributed by atoms with E-state index in [1.165, 1.54) is 48.6 Å². The normalized spacial score (nSPS) is 15.3. The molecule has 1 heterocycles. The quantitative estimate of drug-likeness (QED) is 0.833. The molecule has 1 aromatic carbocycles. The Hall–Kier alpha value is -1.28. The molecule has 2 nitrogen and oxygen atoms in total. The minimum atomic E-state index is 0.729. The Labute approximate surface area is 115 Å². The number of aryl methyl sites for hydroxylation is 2. The van der Waals surface area contributed by atoms with Gasteiger partial charge in [0.2, 0.25) is 0 Å². The number of fused-ring (bicyclic) bond motifs is 1. The summed E-state index contributed by atoms with van der Waals surface area (Å²) in [6.07, 6.45) is 6.32. The van der Waals surface area contributed by atoms with Gasteiger partial charge in [0.1, 0.15) is 11.3 Å². The van der Waals surface area contributed by atoms with Gasteiger partial charge in [-0.3, -0.25) is 0 Å². The number of hydrogen-bond donors (Lipinski definition) is 1. The fraction of sp³-hybridized carbons (Fsp3) is 0.529. The first kappa shape index (κ1) is 12.7. The van der Waals surface area contributed by atoms with E-state index in [0.29, 0.717) is 0 Å². The van der Waals surface area contributed by atoms with Crippen LogP contribution in [0.15, 0.2) is 22.6 Å². The number of nitrogens with one attached hydrogen (secondary N) is 1. The minimum Gasteiger partial charge on any atom is -0.459 e. The van der Waals surface area contributed by atoms with Crippen molar-refractivity contribution in [2.45, 2.75) is 58.5 Å². The van der Waals surface area contributed by atoms with E-state index >= 15 is 0 Å². The molecule has 0 bridgehead atoms. The maximum absolute atomic E-state index is 5.97. The molecule has 102 valence electrons. The highest BCUT2D eigenvalue weighted by Crippen LogP contribution is 2.28. The van der Waals surface area contributed by atoms with Crippen molar-refractivity contribution in [3.63, 3.8) is 0 Å². The van der Waals surface area contributed by atoms with E-state index in [1.54, 1.807) is 0 Å². The molecular weight excluding hydrogens is 234 g/mol.